The molecule has 0 aliphatic carbocycles. The van der Waals surface area contributed by atoms with E-state index in [1.54, 1.807) is 0 Å². The van der Waals surface area contributed by atoms with E-state index in [2.05, 4.69) is 6.92 Å². The van der Waals surface area contributed by atoms with E-state index >= 15 is 0 Å². The Kier molecular flexibility index (Phi) is 12.3. The molecular weight excluding hydrogens is 268 g/mol. The predicted octanol–water partition coefficient (Wildman–Crippen LogP) is 6.96. The maximum Gasteiger partial charge on any atom is 0.378 e. The van der Waals surface area contributed by atoms with Gasteiger partial charge in [-0.15, -0.1) is 0 Å². The second-order valence-corrected chi connectivity index (χ2v) is 5.46. The van der Waals surface area contributed by atoms with Gasteiger partial charge in [-0.1, -0.05) is 77.6 Å². The molecule has 0 atom stereocenters. The molecule has 0 aromatic heterocycles. The lowest BCUT2D eigenvalue weighted by Gasteiger charge is -2.12. The van der Waals surface area contributed by atoms with E-state index in [4.69, 9.17) is 0 Å². The van der Waals surface area contributed by atoms with Crippen LogP contribution in [0.3, 0.4) is 0 Å². The molecule has 0 saturated heterocycles. The van der Waals surface area contributed by atoms with Crippen molar-refractivity contribution < 1.29 is 17.6 Å². The van der Waals surface area contributed by atoms with Crippen LogP contribution in [0.1, 0.15) is 83.5 Å². The van der Waals surface area contributed by atoms with E-state index in [-0.39, 0.29) is 6.42 Å². The van der Waals surface area contributed by atoms with E-state index in [0.29, 0.717) is 6.42 Å². The highest BCUT2D eigenvalue weighted by Gasteiger charge is 2.41. The van der Waals surface area contributed by atoms with Crippen LogP contribution in [-0.4, -0.2) is 5.92 Å². The van der Waals surface area contributed by atoms with Gasteiger partial charge in [-0.25, -0.2) is 0 Å². The van der Waals surface area contributed by atoms with Crippen LogP contribution in [0, 0.1) is 13.3 Å². The van der Waals surface area contributed by atoms with E-state index in [0.717, 1.165) is 25.7 Å². The predicted molar refractivity (Wildman–Crippen MR) is 75.8 cm³/mol. The number of hydrogen-bond donors (Lipinski definition) is 0. The molecular formula is C16H28F4. The first-order valence-electron chi connectivity index (χ1n) is 7.86. The summed E-state index contributed by atoms with van der Waals surface area (Å²) in [6, 6.07) is 0. The van der Waals surface area contributed by atoms with Gasteiger partial charge in [0, 0.05) is 6.42 Å². The second-order valence-electron chi connectivity index (χ2n) is 5.46. The van der Waals surface area contributed by atoms with Crippen molar-refractivity contribution in [1.29, 1.82) is 0 Å². The van der Waals surface area contributed by atoms with E-state index < -0.39 is 18.8 Å². The highest BCUT2D eigenvalue weighted by atomic mass is 19.3. The molecule has 0 aliphatic rings. The third-order valence-electron chi connectivity index (χ3n) is 3.52. The van der Waals surface area contributed by atoms with Crippen LogP contribution >= 0.6 is 0 Å². The summed E-state index contributed by atoms with van der Waals surface area (Å²) < 4.78 is 48.7. The Hall–Kier alpha value is -0.280. The fourth-order valence-corrected chi connectivity index (χ4v) is 2.21. The van der Waals surface area contributed by atoms with E-state index in [9.17, 15) is 17.6 Å². The quantitative estimate of drug-likeness (QED) is 0.240. The summed E-state index contributed by atoms with van der Waals surface area (Å²) in [5, 5.41) is 0. The van der Waals surface area contributed by atoms with Crippen LogP contribution in [-0.2, 0) is 0 Å². The van der Waals surface area contributed by atoms with Crippen molar-refractivity contribution in [3.8, 4) is 0 Å². The number of halogens is 4. The molecule has 0 rings (SSSR count). The molecule has 0 N–H and O–H groups in total. The first-order chi connectivity index (χ1) is 9.50. The molecule has 0 saturated carbocycles. The monoisotopic (exact) mass is 296 g/mol. The fourth-order valence-electron chi connectivity index (χ4n) is 2.21. The van der Waals surface area contributed by atoms with Crippen LogP contribution in [0.15, 0.2) is 0 Å². The molecule has 120 valence electrons. The summed E-state index contributed by atoms with van der Waals surface area (Å²) in [4.78, 5) is 0. The Morgan fingerprint density at radius 3 is 1.35 bits per heavy atom. The van der Waals surface area contributed by atoms with Crippen LogP contribution in [0.2, 0.25) is 0 Å². The van der Waals surface area contributed by atoms with Crippen LogP contribution < -0.4 is 0 Å². The number of rotatable bonds is 14. The van der Waals surface area contributed by atoms with Gasteiger partial charge in [-0.2, -0.15) is 17.6 Å². The standard InChI is InChI=1S/C16H28F4/c1-2-3-4-5-6-7-8-9-10-11-12-13-14-16(19,20)15(17)18/h1-14H2. The highest BCUT2D eigenvalue weighted by Crippen LogP contribution is 2.34. The fraction of sp³-hybridized carbons (Fsp3) is 0.875. The summed E-state index contributed by atoms with van der Waals surface area (Å²) in [6.07, 6.45) is 8.77. The van der Waals surface area contributed by atoms with Crippen molar-refractivity contribution in [1.82, 2.24) is 0 Å². The van der Waals surface area contributed by atoms with E-state index in [1.165, 1.54) is 38.5 Å². The van der Waals surface area contributed by atoms with Crippen molar-refractivity contribution in [3.05, 3.63) is 13.3 Å². The van der Waals surface area contributed by atoms with Gasteiger partial charge >= 0.3 is 12.3 Å². The third-order valence-corrected chi connectivity index (χ3v) is 3.52. The van der Waals surface area contributed by atoms with Crippen molar-refractivity contribution in [2.24, 2.45) is 0 Å². The van der Waals surface area contributed by atoms with Gasteiger partial charge in [0.05, 0.1) is 0 Å². The maximum atomic E-state index is 12.6. The van der Waals surface area contributed by atoms with Gasteiger partial charge in [-0.05, 0) is 6.42 Å². The highest BCUT2D eigenvalue weighted by molar-refractivity contribution is 4.82. The Labute approximate surface area is 121 Å². The lowest BCUT2D eigenvalue weighted by molar-refractivity contribution is -0.0671. The maximum absolute atomic E-state index is 12.6. The minimum Gasteiger partial charge on any atom is -0.200 e. The summed E-state index contributed by atoms with van der Waals surface area (Å²) in [7, 11) is 0. The normalized spacial score (nSPS) is 12.3. The Bertz CT molecular complexity index is 205. The topological polar surface area (TPSA) is 0 Å². The SMILES string of the molecule is [CH2]CCCCCCCCCCCCCC(F)(F)[C](F)F. The van der Waals surface area contributed by atoms with Crippen molar-refractivity contribution in [2.75, 3.05) is 0 Å². The zero-order valence-corrected chi connectivity index (χ0v) is 12.4. The molecule has 0 aromatic rings. The summed E-state index contributed by atoms with van der Waals surface area (Å²) in [6.45, 7) is 3.80. The zero-order chi connectivity index (χ0) is 15.3. The lowest BCUT2D eigenvalue weighted by atomic mass is 10.0. The lowest BCUT2D eigenvalue weighted by Crippen LogP contribution is -2.19. The minimum absolute atomic E-state index is 0.176. The summed E-state index contributed by atoms with van der Waals surface area (Å²) in [5.41, 5.74) is 0. The first-order valence-corrected chi connectivity index (χ1v) is 7.86. The van der Waals surface area contributed by atoms with Gasteiger partial charge in [0.1, 0.15) is 0 Å². The molecule has 0 fully saturated rings. The number of hydrogen-bond acceptors (Lipinski definition) is 0. The second kappa shape index (κ2) is 12.5. The molecule has 0 bridgehead atoms. The molecule has 0 spiro atoms. The first kappa shape index (κ1) is 19.7. The van der Waals surface area contributed by atoms with Gasteiger partial charge in [-0.3, -0.25) is 0 Å². The molecule has 0 amide bonds. The summed E-state index contributed by atoms with van der Waals surface area (Å²) >= 11 is 0. The average Bonchev–Trinajstić information content (AvgIpc) is 2.39. The molecule has 0 heterocycles. The van der Waals surface area contributed by atoms with Crippen molar-refractivity contribution in [2.45, 2.75) is 89.4 Å². The molecule has 4 heteroatoms. The van der Waals surface area contributed by atoms with Crippen molar-refractivity contribution in [3.63, 3.8) is 0 Å². The average molecular weight is 296 g/mol. The molecule has 2 radical (unpaired) electrons. The molecule has 20 heavy (non-hydrogen) atoms. The zero-order valence-electron chi connectivity index (χ0n) is 12.4. The number of alkyl halides is 2. The minimum atomic E-state index is -3.88. The van der Waals surface area contributed by atoms with E-state index in [1.807, 2.05) is 0 Å². The number of unbranched alkanes of at least 4 members (excludes halogenated alkanes) is 11. The molecule has 0 unspecified atom stereocenters. The van der Waals surface area contributed by atoms with Crippen LogP contribution in [0.25, 0.3) is 0 Å². The van der Waals surface area contributed by atoms with Gasteiger partial charge in [0.15, 0.2) is 0 Å². The Morgan fingerprint density at radius 1 is 0.650 bits per heavy atom. The van der Waals surface area contributed by atoms with Crippen LogP contribution in [0.4, 0.5) is 17.6 Å². The van der Waals surface area contributed by atoms with Gasteiger partial charge in [0.25, 0.3) is 0 Å². The Balaban J connectivity index is 3.17. The molecule has 0 aliphatic heterocycles. The Morgan fingerprint density at radius 2 is 1.00 bits per heavy atom. The largest absolute Gasteiger partial charge is 0.378 e. The molecule has 0 aromatic carbocycles. The van der Waals surface area contributed by atoms with Crippen molar-refractivity contribution >= 4 is 0 Å². The molecule has 0 nitrogen and oxygen atoms in total. The van der Waals surface area contributed by atoms with Gasteiger partial charge in [0.2, 0.25) is 0 Å². The smallest absolute Gasteiger partial charge is 0.200 e. The third kappa shape index (κ3) is 11.5. The van der Waals surface area contributed by atoms with Gasteiger partial charge < -0.3 is 0 Å². The van der Waals surface area contributed by atoms with Crippen LogP contribution in [0.5, 0.6) is 0 Å². The summed E-state index contributed by atoms with van der Waals surface area (Å²) in [5.74, 6) is -3.88.